The van der Waals surface area contributed by atoms with Gasteiger partial charge in [0.05, 0.1) is 10.7 Å². The van der Waals surface area contributed by atoms with Gasteiger partial charge >= 0.3 is 0 Å². The molecule has 3 atom stereocenters. The maximum atomic E-state index is 10.2. The Morgan fingerprint density at radius 2 is 2.21 bits per heavy atom. The Morgan fingerprint density at radius 3 is 2.79 bits per heavy atom. The molecule has 1 N–H and O–H groups in total. The molecule has 0 radical (unpaired) electrons. The summed E-state index contributed by atoms with van der Waals surface area (Å²) < 4.78 is 5.78. The Morgan fingerprint density at radius 1 is 1.47 bits per heavy atom. The molecule has 1 saturated carbocycles. The summed E-state index contributed by atoms with van der Waals surface area (Å²) in [7, 11) is 0. The average molecular weight is 277 g/mol. The summed E-state index contributed by atoms with van der Waals surface area (Å²) in [5, 5.41) is 11.2. The summed E-state index contributed by atoms with van der Waals surface area (Å²) in [5.74, 6) is 2.97. The number of aryl methyl sites for hydroxylation is 2. The summed E-state index contributed by atoms with van der Waals surface area (Å²) in [5.41, 5.74) is 1.05. The molecule has 0 aromatic carbocycles. The van der Waals surface area contributed by atoms with E-state index in [1.807, 2.05) is 19.1 Å². The van der Waals surface area contributed by atoms with Gasteiger partial charge in [0.15, 0.2) is 0 Å². The number of aromatic nitrogens is 1. The molecule has 1 aliphatic carbocycles. The van der Waals surface area contributed by atoms with Gasteiger partial charge in [-0.2, -0.15) is 0 Å². The zero-order valence-electron chi connectivity index (χ0n) is 11.5. The van der Waals surface area contributed by atoms with Crippen molar-refractivity contribution in [3.63, 3.8) is 0 Å². The van der Waals surface area contributed by atoms with E-state index in [1.54, 1.807) is 11.3 Å². The maximum Gasteiger partial charge on any atom is 0.133 e. The lowest BCUT2D eigenvalue weighted by molar-refractivity contribution is 0.148. The van der Waals surface area contributed by atoms with Crippen molar-refractivity contribution < 1.29 is 9.52 Å². The molecule has 0 bridgehead atoms. The number of hydrogen-bond donors (Lipinski definition) is 1. The molecule has 3 rings (SSSR count). The molecular weight excluding hydrogens is 258 g/mol. The van der Waals surface area contributed by atoms with Gasteiger partial charge in [0.1, 0.15) is 17.6 Å². The molecule has 0 amide bonds. The van der Waals surface area contributed by atoms with Crippen LogP contribution in [0, 0.1) is 19.8 Å². The number of rotatable bonds is 4. The molecule has 0 aliphatic heterocycles. The normalized spacial score (nSPS) is 23.6. The van der Waals surface area contributed by atoms with Crippen LogP contribution in [0.25, 0.3) is 0 Å². The van der Waals surface area contributed by atoms with Crippen molar-refractivity contribution in [1.82, 2.24) is 4.98 Å². The number of aliphatic hydroxyl groups is 1. The largest absolute Gasteiger partial charge is 0.463 e. The fraction of sp³-hybridized carbons (Fsp3) is 0.533. The van der Waals surface area contributed by atoms with Crippen LogP contribution in [0.15, 0.2) is 16.5 Å². The minimum absolute atomic E-state index is 0.534. The third-order valence-electron chi connectivity index (χ3n) is 3.89. The van der Waals surface area contributed by atoms with E-state index >= 15 is 0 Å². The van der Waals surface area contributed by atoms with Gasteiger partial charge in [0, 0.05) is 17.2 Å². The maximum absolute atomic E-state index is 10.2. The molecule has 2 heterocycles. The van der Waals surface area contributed by atoms with Crippen LogP contribution in [0.4, 0.5) is 0 Å². The third kappa shape index (κ3) is 2.60. The lowest BCUT2D eigenvalue weighted by atomic mass is 10.2. The Hall–Kier alpha value is -1.13. The first kappa shape index (κ1) is 12.9. The van der Waals surface area contributed by atoms with Crippen molar-refractivity contribution in [2.75, 3.05) is 0 Å². The highest BCUT2D eigenvalue weighted by Crippen LogP contribution is 2.47. The van der Waals surface area contributed by atoms with Gasteiger partial charge in [0.25, 0.3) is 0 Å². The van der Waals surface area contributed by atoms with Crippen molar-refractivity contribution in [1.29, 1.82) is 0 Å². The van der Waals surface area contributed by atoms with Gasteiger partial charge in [-0.3, -0.25) is 0 Å². The zero-order valence-corrected chi connectivity index (χ0v) is 12.3. The summed E-state index contributed by atoms with van der Waals surface area (Å²) in [6.45, 7) is 6.29. The highest BCUT2D eigenvalue weighted by Gasteiger charge is 2.36. The second kappa shape index (κ2) is 4.76. The third-order valence-corrected chi connectivity index (χ3v) is 4.99. The molecule has 0 saturated heterocycles. The van der Waals surface area contributed by atoms with E-state index < -0.39 is 6.10 Å². The van der Waals surface area contributed by atoms with E-state index in [4.69, 9.17) is 4.42 Å². The van der Waals surface area contributed by atoms with Crippen LogP contribution >= 0.6 is 11.3 Å². The first-order valence-electron chi connectivity index (χ1n) is 6.75. The van der Waals surface area contributed by atoms with Crippen molar-refractivity contribution >= 4 is 11.3 Å². The quantitative estimate of drug-likeness (QED) is 0.925. The van der Waals surface area contributed by atoms with Gasteiger partial charge in [0.2, 0.25) is 0 Å². The van der Waals surface area contributed by atoms with Gasteiger partial charge in [-0.05, 0) is 38.3 Å². The minimum atomic E-state index is -0.590. The average Bonchev–Trinajstić information content (AvgIpc) is 2.78. The molecule has 1 fully saturated rings. The summed E-state index contributed by atoms with van der Waals surface area (Å²) in [6, 6.07) is 3.91. The SMILES string of the molecule is Cc1nc(CC(O)c2ccc(C3CC3C)o2)sc1C. The number of aliphatic hydroxyl groups excluding tert-OH is 1. The van der Waals surface area contributed by atoms with E-state index in [0.717, 1.165) is 22.4 Å². The summed E-state index contributed by atoms with van der Waals surface area (Å²) >= 11 is 1.65. The molecule has 3 nitrogen and oxygen atoms in total. The smallest absolute Gasteiger partial charge is 0.133 e. The second-order valence-corrected chi connectivity index (χ2v) is 6.82. The van der Waals surface area contributed by atoms with Crippen LogP contribution in [-0.2, 0) is 6.42 Å². The van der Waals surface area contributed by atoms with Crippen LogP contribution in [0.1, 0.15) is 52.5 Å². The number of thiazole rings is 1. The van der Waals surface area contributed by atoms with Crippen LogP contribution < -0.4 is 0 Å². The van der Waals surface area contributed by atoms with Crippen LogP contribution in [0.5, 0.6) is 0 Å². The van der Waals surface area contributed by atoms with Crippen LogP contribution in [-0.4, -0.2) is 10.1 Å². The van der Waals surface area contributed by atoms with Crippen LogP contribution in [0.2, 0.25) is 0 Å². The summed E-state index contributed by atoms with van der Waals surface area (Å²) in [4.78, 5) is 5.68. The molecule has 2 aromatic rings. The highest BCUT2D eigenvalue weighted by atomic mass is 32.1. The predicted octanol–water partition coefficient (Wildman–Crippen LogP) is 3.75. The molecule has 1 aliphatic rings. The predicted molar refractivity (Wildman–Crippen MR) is 75.5 cm³/mol. The first-order chi connectivity index (χ1) is 9.04. The van der Waals surface area contributed by atoms with E-state index in [2.05, 4.69) is 18.8 Å². The van der Waals surface area contributed by atoms with Crippen LogP contribution in [0.3, 0.4) is 0 Å². The Bertz CT molecular complexity index is 567. The number of hydrogen-bond acceptors (Lipinski definition) is 4. The van der Waals surface area contributed by atoms with E-state index in [-0.39, 0.29) is 0 Å². The highest BCUT2D eigenvalue weighted by molar-refractivity contribution is 7.11. The molecule has 4 heteroatoms. The van der Waals surface area contributed by atoms with E-state index in [1.165, 1.54) is 11.3 Å². The zero-order chi connectivity index (χ0) is 13.6. The lowest BCUT2D eigenvalue weighted by Crippen LogP contribution is -2.00. The van der Waals surface area contributed by atoms with Crippen molar-refractivity contribution in [2.45, 2.75) is 45.6 Å². The van der Waals surface area contributed by atoms with Crippen molar-refractivity contribution in [3.8, 4) is 0 Å². The van der Waals surface area contributed by atoms with Gasteiger partial charge in [-0.15, -0.1) is 11.3 Å². The molecule has 3 unspecified atom stereocenters. The molecule has 2 aromatic heterocycles. The minimum Gasteiger partial charge on any atom is -0.463 e. The fourth-order valence-electron chi connectivity index (χ4n) is 2.36. The Balaban J connectivity index is 1.69. The molecule has 102 valence electrons. The van der Waals surface area contributed by atoms with Gasteiger partial charge in [-0.25, -0.2) is 4.98 Å². The van der Waals surface area contributed by atoms with E-state index in [9.17, 15) is 5.11 Å². The van der Waals surface area contributed by atoms with E-state index in [0.29, 0.717) is 18.1 Å². The standard InChI is InChI=1S/C15H19NO2S/c1-8-6-11(8)13-4-5-14(18-13)12(17)7-15-16-9(2)10(3)19-15/h4-5,8,11-12,17H,6-7H2,1-3H3. The Labute approximate surface area is 117 Å². The fourth-order valence-corrected chi connectivity index (χ4v) is 3.33. The molecule has 19 heavy (non-hydrogen) atoms. The van der Waals surface area contributed by atoms with Gasteiger partial charge in [-0.1, -0.05) is 6.92 Å². The van der Waals surface area contributed by atoms with Crippen molar-refractivity contribution in [2.24, 2.45) is 5.92 Å². The lowest BCUT2D eigenvalue weighted by Gasteiger charge is -2.05. The Kier molecular flexibility index (Phi) is 3.23. The summed E-state index contributed by atoms with van der Waals surface area (Å²) in [6.07, 6.45) is 1.15. The second-order valence-electron chi connectivity index (χ2n) is 5.53. The van der Waals surface area contributed by atoms with Crippen molar-refractivity contribution in [3.05, 3.63) is 39.2 Å². The number of nitrogens with zero attached hydrogens (tertiary/aromatic N) is 1. The topological polar surface area (TPSA) is 46.3 Å². The van der Waals surface area contributed by atoms with Gasteiger partial charge < -0.3 is 9.52 Å². The molecular formula is C15H19NO2S. The monoisotopic (exact) mass is 277 g/mol. The number of furan rings is 1. The molecule has 0 spiro atoms. The first-order valence-corrected chi connectivity index (χ1v) is 7.57.